The molecule has 0 bridgehead atoms. The van der Waals surface area contributed by atoms with E-state index in [2.05, 4.69) is 57.0 Å². The number of anilines is 1. The molecule has 1 aromatic heterocycles. The quantitative estimate of drug-likeness (QED) is 0.782. The van der Waals surface area contributed by atoms with Gasteiger partial charge in [0.25, 0.3) is 5.91 Å². The number of carbonyl (C=O) groups is 1. The lowest BCUT2D eigenvalue weighted by atomic mass is 9.90. The largest absolute Gasteiger partial charge is 0.355 e. The molecular formula is C23H31N5O. The molecule has 0 radical (unpaired) electrons. The van der Waals surface area contributed by atoms with Crippen LogP contribution in [0.2, 0.25) is 0 Å². The highest BCUT2D eigenvalue weighted by atomic mass is 16.2. The van der Waals surface area contributed by atoms with Gasteiger partial charge >= 0.3 is 0 Å². The van der Waals surface area contributed by atoms with Gasteiger partial charge in [-0.15, -0.1) is 0 Å². The number of hydrogen-bond donors (Lipinski definition) is 0. The average Bonchev–Trinajstić information content (AvgIpc) is 2.80. The first-order valence-electron chi connectivity index (χ1n) is 10.9. The predicted octanol–water partition coefficient (Wildman–Crippen LogP) is 2.71. The summed E-state index contributed by atoms with van der Waals surface area (Å²) in [5.41, 5.74) is 1.88. The third kappa shape index (κ3) is 4.93. The fourth-order valence-corrected chi connectivity index (χ4v) is 4.34. The van der Waals surface area contributed by atoms with Crippen molar-refractivity contribution in [1.82, 2.24) is 19.8 Å². The van der Waals surface area contributed by atoms with E-state index in [1.54, 1.807) is 12.4 Å². The van der Waals surface area contributed by atoms with Crippen molar-refractivity contribution < 1.29 is 4.79 Å². The van der Waals surface area contributed by atoms with Gasteiger partial charge in [-0.3, -0.25) is 4.79 Å². The summed E-state index contributed by atoms with van der Waals surface area (Å²) < 4.78 is 0. The number of aromatic nitrogens is 2. The Hall–Kier alpha value is -2.47. The van der Waals surface area contributed by atoms with Crippen LogP contribution >= 0.6 is 0 Å². The van der Waals surface area contributed by atoms with Gasteiger partial charge in [0.2, 0.25) is 0 Å². The Bertz CT molecular complexity index is 779. The fourth-order valence-electron chi connectivity index (χ4n) is 4.34. The molecule has 0 unspecified atom stereocenters. The van der Waals surface area contributed by atoms with E-state index in [1.165, 1.54) is 18.4 Å². The van der Waals surface area contributed by atoms with E-state index in [1.807, 2.05) is 4.90 Å². The number of likely N-dealkylation sites (N-methyl/N-ethyl adjacent to an activating group) is 1. The molecule has 0 saturated carbocycles. The highest BCUT2D eigenvalue weighted by Gasteiger charge is 2.24. The van der Waals surface area contributed by atoms with Gasteiger partial charge in [-0.2, -0.15) is 0 Å². The number of amides is 1. The van der Waals surface area contributed by atoms with Crippen molar-refractivity contribution in [2.45, 2.75) is 26.2 Å². The molecule has 2 aliphatic heterocycles. The van der Waals surface area contributed by atoms with Gasteiger partial charge in [0, 0.05) is 39.3 Å². The van der Waals surface area contributed by atoms with Crippen molar-refractivity contribution in [3.05, 3.63) is 54.0 Å². The van der Waals surface area contributed by atoms with Crippen LogP contribution < -0.4 is 4.90 Å². The zero-order chi connectivity index (χ0) is 20.1. The Labute approximate surface area is 173 Å². The van der Waals surface area contributed by atoms with Crippen molar-refractivity contribution in [2.75, 3.05) is 50.7 Å². The van der Waals surface area contributed by atoms with Crippen LogP contribution in [0.4, 0.5) is 5.82 Å². The van der Waals surface area contributed by atoms with Crippen LogP contribution in [0.1, 0.15) is 35.8 Å². The molecule has 2 saturated heterocycles. The summed E-state index contributed by atoms with van der Waals surface area (Å²) in [6.07, 6.45) is 6.91. The molecule has 1 aromatic carbocycles. The molecule has 2 fully saturated rings. The van der Waals surface area contributed by atoms with Crippen LogP contribution in [0.5, 0.6) is 0 Å². The molecule has 0 aliphatic carbocycles. The second kappa shape index (κ2) is 9.35. The normalized spacial score (nSPS) is 18.8. The predicted molar refractivity (Wildman–Crippen MR) is 115 cm³/mol. The Morgan fingerprint density at radius 2 is 1.69 bits per heavy atom. The fraction of sp³-hybridized carbons (Fsp3) is 0.522. The minimum atomic E-state index is 0.00127. The second-order valence-corrected chi connectivity index (χ2v) is 8.11. The molecule has 3 heterocycles. The van der Waals surface area contributed by atoms with Crippen LogP contribution in [0, 0.1) is 5.92 Å². The van der Waals surface area contributed by atoms with Crippen molar-refractivity contribution in [2.24, 2.45) is 5.92 Å². The molecule has 4 rings (SSSR count). The highest BCUT2D eigenvalue weighted by molar-refractivity contribution is 5.92. The number of benzene rings is 1. The maximum Gasteiger partial charge on any atom is 0.274 e. The number of nitrogens with zero attached hydrogens (tertiary/aromatic N) is 5. The molecule has 29 heavy (non-hydrogen) atoms. The maximum absolute atomic E-state index is 12.7. The molecule has 2 aromatic rings. The van der Waals surface area contributed by atoms with Crippen LogP contribution in [0.25, 0.3) is 0 Å². The molecule has 0 N–H and O–H groups in total. The summed E-state index contributed by atoms with van der Waals surface area (Å²) in [4.78, 5) is 28.2. The van der Waals surface area contributed by atoms with E-state index in [-0.39, 0.29) is 5.91 Å². The lowest BCUT2D eigenvalue weighted by molar-refractivity contribution is 0.0637. The number of hydrogen-bond acceptors (Lipinski definition) is 5. The van der Waals surface area contributed by atoms with E-state index in [0.29, 0.717) is 5.69 Å². The van der Waals surface area contributed by atoms with E-state index in [4.69, 9.17) is 0 Å². The van der Waals surface area contributed by atoms with Crippen LogP contribution in [-0.2, 0) is 6.42 Å². The van der Waals surface area contributed by atoms with Crippen molar-refractivity contribution in [3.63, 3.8) is 0 Å². The maximum atomic E-state index is 12.7. The molecular weight excluding hydrogens is 362 g/mol. The van der Waals surface area contributed by atoms with E-state index in [0.717, 1.165) is 64.0 Å². The molecule has 2 aliphatic rings. The van der Waals surface area contributed by atoms with Crippen LogP contribution in [0.3, 0.4) is 0 Å². The summed E-state index contributed by atoms with van der Waals surface area (Å²) in [5, 5.41) is 0. The first-order chi connectivity index (χ1) is 14.2. The molecule has 154 valence electrons. The number of carbonyl (C=O) groups excluding carboxylic acids is 1. The zero-order valence-electron chi connectivity index (χ0n) is 17.3. The Balaban J connectivity index is 1.29. The summed E-state index contributed by atoms with van der Waals surface area (Å²) in [5.74, 6) is 1.61. The topological polar surface area (TPSA) is 52.6 Å². The SMILES string of the molecule is CCN1CCN(C(=O)c2cnc(N3CCC(Cc4ccccc4)CC3)cn2)CC1. The van der Waals surface area contributed by atoms with Gasteiger partial charge < -0.3 is 14.7 Å². The molecule has 6 heteroatoms. The van der Waals surface area contributed by atoms with E-state index < -0.39 is 0 Å². The first-order valence-corrected chi connectivity index (χ1v) is 10.9. The Morgan fingerprint density at radius 1 is 0.966 bits per heavy atom. The van der Waals surface area contributed by atoms with Gasteiger partial charge in [0.15, 0.2) is 0 Å². The minimum absolute atomic E-state index is 0.00127. The Kier molecular flexibility index (Phi) is 6.39. The third-order valence-electron chi connectivity index (χ3n) is 6.27. The lowest BCUT2D eigenvalue weighted by Gasteiger charge is -2.34. The smallest absolute Gasteiger partial charge is 0.274 e. The zero-order valence-corrected chi connectivity index (χ0v) is 17.3. The third-order valence-corrected chi connectivity index (χ3v) is 6.27. The Morgan fingerprint density at radius 3 is 2.31 bits per heavy atom. The summed E-state index contributed by atoms with van der Waals surface area (Å²) in [6, 6.07) is 10.7. The summed E-state index contributed by atoms with van der Waals surface area (Å²) in [7, 11) is 0. The van der Waals surface area contributed by atoms with Gasteiger partial charge in [0.1, 0.15) is 11.5 Å². The first kappa shape index (κ1) is 19.8. The van der Waals surface area contributed by atoms with Crippen molar-refractivity contribution >= 4 is 11.7 Å². The van der Waals surface area contributed by atoms with Gasteiger partial charge in [0.05, 0.1) is 12.4 Å². The van der Waals surface area contributed by atoms with Gasteiger partial charge in [-0.25, -0.2) is 9.97 Å². The highest BCUT2D eigenvalue weighted by Crippen LogP contribution is 2.24. The number of rotatable bonds is 5. The van der Waals surface area contributed by atoms with Crippen molar-refractivity contribution in [3.8, 4) is 0 Å². The molecule has 0 atom stereocenters. The molecule has 0 spiro atoms. The average molecular weight is 394 g/mol. The standard InChI is InChI=1S/C23H31N5O/c1-2-26-12-14-28(15-13-26)23(29)21-17-25-22(18-24-21)27-10-8-20(9-11-27)16-19-6-4-3-5-7-19/h3-7,17-18,20H,2,8-16H2,1H3. The summed E-state index contributed by atoms with van der Waals surface area (Å²) in [6.45, 7) is 8.61. The second-order valence-electron chi connectivity index (χ2n) is 8.11. The van der Waals surface area contributed by atoms with Gasteiger partial charge in [-0.05, 0) is 37.3 Å². The monoisotopic (exact) mass is 393 g/mol. The van der Waals surface area contributed by atoms with Gasteiger partial charge in [-0.1, -0.05) is 37.3 Å². The van der Waals surface area contributed by atoms with Crippen LogP contribution in [0.15, 0.2) is 42.7 Å². The molecule has 1 amide bonds. The summed E-state index contributed by atoms with van der Waals surface area (Å²) >= 11 is 0. The minimum Gasteiger partial charge on any atom is -0.355 e. The van der Waals surface area contributed by atoms with Crippen molar-refractivity contribution in [1.29, 1.82) is 0 Å². The number of piperazine rings is 1. The van der Waals surface area contributed by atoms with Crippen LogP contribution in [-0.4, -0.2) is 71.5 Å². The lowest BCUT2D eigenvalue weighted by Crippen LogP contribution is -2.48. The van der Waals surface area contributed by atoms with E-state index in [9.17, 15) is 4.79 Å². The number of piperidine rings is 1. The van der Waals surface area contributed by atoms with E-state index >= 15 is 0 Å². The molecule has 6 nitrogen and oxygen atoms in total.